The van der Waals surface area contributed by atoms with Gasteiger partial charge in [0, 0.05) is 40.0 Å². The number of carbonyl (C=O) groups excluding carboxylic acids is 2. The molecule has 0 saturated heterocycles. The van der Waals surface area contributed by atoms with Crippen LogP contribution in [-0.4, -0.2) is 21.8 Å². The molecule has 0 aliphatic carbocycles. The molecule has 0 fully saturated rings. The number of pyridine rings is 1. The van der Waals surface area contributed by atoms with E-state index in [4.69, 9.17) is 4.74 Å². The highest BCUT2D eigenvalue weighted by Gasteiger charge is 2.21. The third-order valence-corrected chi connectivity index (χ3v) is 6.75. The van der Waals surface area contributed by atoms with E-state index < -0.39 is 0 Å². The smallest absolute Gasteiger partial charge is 0.259 e. The van der Waals surface area contributed by atoms with Crippen molar-refractivity contribution in [3.05, 3.63) is 101 Å². The number of amides is 2. The number of nitrogens with zero attached hydrogens (tertiary/aromatic N) is 2. The Morgan fingerprint density at radius 1 is 0.971 bits per heavy atom. The summed E-state index contributed by atoms with van der Waals surface area (Å²) in [5.41, 5.74) is 2.34. The number of fused-ring (bicyclic) bond motifs is 3. The van der Waals surface area contributed by atoms with Gasteiger partial charge in [-0.05, 0) is 47.9 Å². The van der Waals surface area contributed by atoms with Crippen molar-refractivity contribution in [2.45, 2.75) is 6.54 Å². The first kappa shape index (κ1) is 21.0. The maximum Gasteiger partial charge on any atom is 0.259 e. The van der Waals surface area contributed by atoms with Gasteiger partial charge in [-0.3, -0.25) is 14.6 Å². The van der Waals surface area contributed by atoms with Crippen LogP contribution in [0.3, 0.4) is 0 Å². The van der Waals surface area contributed by atoms with E-state index in [0.29, 0.717) is 34.9 Å². The molecule has 5 aromatic rings. The van der Waals surface area contributed by atoms with Gasteiger partial charge < -0.3 is 15.4 Å². The summed E-state index contributed by atoms with van der Waals surface area (Å²) in [4.78, 5) is 35.0. The van der Waals surface area contributed by atoms with Crippen LogP contribution in [0.15, 0.2) is 85.3 Å². The van der Waals surface area contributed by atoms with Crippen molar-refractivity contribution in [2.75, 3.05) is 5.32 Å². The predicted molar refractivity (Wildman–Crippen MR) is 135 cm³/mol. The number of hydrogen-bond acceptors (Lipinski definition) is 6. The van der Waals surface area contributed by atoms with Crippen LogP contribution in [0.1, 0.15) is 25.6 Å². The Hall–Kier alpha value is -4.56. The maximum absolute atomic E-state index is 12.8. The minimum Gasteiger partial charge on any atom is -0.454 e. The lowest BCUT2D eigenvalue weighted by molar-refractivity contribution is 0.0950. The quantitative estimate of drug-likeness (QED) is 0.348. The van der Waals surface area contributed by atoms with E-state index in [2.05, 4.69) is 26.7 Å². The number of thiazole rings is 1. The lowest BCUT2D eigenvalue weighted by atomic mass is 10.1. The van der Waals surface area contributed by atoms with Gasteiger partial charge in [0.2, 0.25) is 0 Å². The summed E-state index contributed by atoms with van der Waals surface area (Å²) in [6.07, 6.45) is 5.38. The van der Waals surface area contributed by atoms with Gasteiger partial charge in [0.05, 0.1) is 17.8 Å². The van der Waals surface area contributed by atoms with Crippen LogP contribution in [0.5, 0.6) is 11.5 Å². The molecular formula is C27H18N4O3S. The lowest BCUT2D eigenvalue weighted by Gasteiger charge is -2.10. The SMILES string of the molecule is O=C(NCc1cnc(-c2ccc3cnccc3c2)s1)c1ccc2c(c1)NC(=O)c1ccccc1O2. The third-order valence-electron chi connectivity index (χ3n) is 5.71. The molecular weight excluding hydrogens is 460 g/mol. The normalized spacial score (nSPS) is 12.2. The highest BCUT2D eigenvalue weighted by Crippen LogP contribution is 2.36. The molecule has 35 heavy (non-hydrogen) atoms. The molecule has 7 nitrogen and oxygen atoms in total. The second-order valence-corrected chi connectivity index (χ2v) is 9.13. The van der Waals surface area contributed by atoms with Gasteiger partial charge in [0.25, 0.3) is 11.8 Å². The van der Waals surface area contributed by atoms with E-state index in [9.17, 15) is 9.59 Å². The molecule has 0 unspecified atom stereocenters. The number of carbonyl (C=O) groups is 2. The zero-order valence-corrected chi connectivity index (χ0v) is 19.1. The molecule has 170 valence electrons. The molecule has 1 aliphatic rings. The Morgan fingerprint density at radius 2 is 1.89 bits per heavy atom. The Labute approximate surface area is 204 Å². The highest BCUT2D eigenvalue weighted by atomic mass is 32.1. The zero-order chi connectivity index (χ0) is 23.8. The molecule has 3 heterocycles. The summed E-state index contributed by atoms with van der Waals surface area (Å²) >= 11 is 1.53. The van der Waals surface area contributed by atoms with Crippen LogP contribution < -0.4 is 15.4 Å². The number of para-hydroxylation sites is 1. The average molecular weight is 479 g/mol. The summed E-state index contributed by atoms with van der Waals surface area (Å²) in [7, 11) is 0. The van der Waals surface area contributed by atoms with Gasteiger partial charge in [-0.25, -0.2) is 4.98 Å². The van der Waals surface area contributed by atoms with E-state index in [-0.39, 0.29) is 11.8 Å². The number of nitrogens with one attached hydrogen (secondary N) is 2. The second-order valence-electron chi connectivity index (χ2n) is 8.02. The molecule has 0 bridgehead atoms. The molecule has 1 aliphatic heterocycles. The van der Waals surface area contributed by atoms with Crippen molar-refractivity contribution >= 4 is 39.6 Å². The molecule has 0 saturated carbocycles. The van der Waals surface area contributed by atoms with Crippen LogP contribution in [0.4, 0.5) is 5.69 Å². The van der Waals surface area contributed by atoms with Crippen molar-refractivity contribution in [3.63, 3.8) is 0 Å². The fourth-order valence-electron chi connectivity index (χ4n) is 3.92. The Bertz CT molecular complexity index is 1610. The largest absolute Gasteiger partial charge is 0.454 e. The average Bonchev–Trinajstić information content (AvgIpc) is 3.32. The Kier molecular flexibility index (Phi) is 5.20. The molecule has 0 spiro atoms. The van der Waals surface area contributed by atoms with Crippen LogP contribution in [-0.2, 0) is 6.54 Å². The number of aromatic nitrogens is 2. The van der Waals surface area contributed by atoms with E-state index in [0.717, 1.165) is 26.2 Å². The number of hydrogen-bond donors (Lipinski definition) is 2. The molecule has 2 aromatic heterocycles. The number of ether oxygens (including phenoxy) is 1. The molecule has 6 rings (SSSR count). The Morgan fingerprint density at radius 3 is 2.83 bits per heavy atom. The summed E-state index contributed by atoms with van der Waals surface area (Å²) in [6.45, 7) is 0.347. The van der Waals surface area contributed by atoms with Gasteiger partial charge in [0.15, 0.2) is 5.75 Å². The number of benzene rings is 3. The summed E-state index contributed by atoms with van der Waals surface area (Å²) in [6, 6.07) is 20.1. The van der Waals surface area contributed by atoms with E-state index in [1.165, 1.54) is 11.3 Å². The fraction of sp³-hybridized carbons (Fsp3) is 0.0370. The third kappa shape index (κ3) is 4.11. The standard InChI is InChI=1S/C27H18N4O3S/c32-25(17-7-8-24-22(12-17)31-26(33)21-3-1-2-4-23(21)34-24)29-14-20-15-30-27(35-20)18-5-6-19-13-28-10-9-16(19)11-18/h1-13,15H,14H2,(H,29,32)(H,31,33). The first-order chi connectivity index (χ1) is 17.1. The summed E-state index contributed by atoms with van der Waals surface area (Å²) < 4.78 is 5.88. The highest BCUT2D eigenvalue weighted by molar-refractivity contribution is 7.15. The van der Waals surface area contributed by atoms with E-state index >= 15 is 0 Å². The van der Waals surface area contributed by atoms with Crippen molar-refractivity contribution < 1.29 is 14.3 Å². The van der Waals surface area contributed by atoms with Crippen molar-refractivity contribution in [1.82, 2.24) is 15.3 Å². The van der Waals surface area contributed by atoms with E-state index in [1.807, 2.05) is 24.4 Å². The van der Waals surface area contributed by atoms with Gasteiger partial charge in [-0.2, -0.15) is 0 Å². The molecule has 2 amide bonds. The van der Waals surface area contributed by atoms with E-state index in [1.54, 1.807) is 54.9 Å². The molecule has 2 N–H and O–H groups in total. The second kappa shape index (κ2) is 8.66. The first-order valence-electron chi connectivity index (χ1n) is 10.9. The van der Waals surface area contributed by atoms with Gasteiger partial charge in [-0.1, -0.05) is 24.3 Å². The number of rotatable bonds is 4. The van der Waals surface area contributed by atoms with Crippen LogP contribution in [0.2, 0.25) is 0 Å². The maximum atomic E-state index is 12.8. The van der Waals surface area contributed by atoms with Crippen molar-refractivity contribution in [3.8, 4) is 22.1 Å². The van der Waals surface area contributed by atoms with Gasteiger partial charge >= 0.3 is 0 Å². The molecule has 8 heteroatoms. The van der Waals surface area contributed by atoms with Crippen molar-refractivity contribution in [2.24, 2.45) is 0 Å². The Balaban J connectivity index is 1.16. The minimum atomic E-state index is -0.279. The predicted octanol–water partition coefficient (Wildman–Crippen LogP) is 5.65. The number of anilines is 1. The van der Waals surface area contributed by atoms with Gasteiger partial charge in [0.1, 0.15) is 10.8 Å². The monoisotopic (exact) mass is 478 g/mol. The lowest BCUT2D eigenvalue weighted by Crippen LogP contribution is -2.22. The van der Waals surface area contributed by atoms with Crippen LogP contribution in [0.25, 0.3) is 21.3 Å². The fourth-order valence-corrected chi connectivity index (χ4v) is 4.77. The van der Waals surface area contributed by atoms with Crippen LogP contribution >= 0.6 is 11.3 Å². The minimum absolute atomic E-state index is 0.253. The first-order valence-corrected chi connectivity index (χ1v) is 11.7. The van der Waals surface area contributed by atoms with Crippen LogP contribution in [0, 0.1) is 0 Å². The summed E-state index contributed by atoms with van der Waals surface area (Å²) in [5, 5.41) is 8.82. The molecule has 0 radical (unpaired) electrons. The van der Waals surface area contributed by atoms with Crippen molar-refractivity contribution in [1.29, 1.82) is 0 Å². The van der Waals surface area contributed by atoms with Gasteiger partial charge in [-0.15, -0.1) is 11.3 Å². The zero-order valence-electron chi connectivity index (χ0n) is 18.3. The topological polar surface area (TPSA) is 93.2 Å². The molecule has 0 atom stereocenters. The molecule has 3 aromatic carbocycles. The summed E-state index contributed by atoms with van der Waals surface area (Å²) in [5.74, 6) is 0.430.